The number of guanidine groups is 1. The summed E-state index contributed by atoms with van der Waals surface area (Å²) in [6, 6.07) is 11.5. The van der Waals surface area contributed by atoms with Crippen molar-refractivity contribution in [1.82, 2.24) is 15.6 Å². The molecule has 1 aliphatic rings. The van der Waals surface area contributed by atoms with Crippen molar-refractivity contribution in [2.45, 2.75) is 31.7 Å². The van der Waals surface area contributed by atoms with Crippen LogP contribution in [-0.4, -0.2) is 50.8 Å². The number of methoxy groups -OCH3 is 1. The van der Waals surface area contributed by atoms with Crippen LogP contribution in [0.4, 0.5) is 10.2 Å². The zero-order chi connectivity index (χ0) is 20.6. The van der Waals surface area contributed by atoms with Gasteiger partial charge in [-0.15, -0.1) is 0 Å². The Bertz CT molecular complexity index is 811. The maximum atomic E-state index is 14.0. The van der Waals surface area contributed by atoms with Crippen LogP contribution in [0.1, 0.15) is 31.2 Å². The van der Waals surface area contributed by atoms with E-state index >= 15 is 0 Å². The molecule has 0 amide bonds. The Hall–Kier alpha value is -2.83. The van der Waals surface area contributed by atoms with E-state index in [-0.39, 0.29) is 11.9 Å². The molecular formula is C22H30FN5O. The number of pyridine rings is 1. The Kier molecular flexibility index (Phi) is 7.27. The van der Waals surface area contributed by atoms with Gasteiger partial charge in [0.25, 0.3) is 0 Å². The first-order chi connectivity index (χ1) is 14.1. The van der Waals surface area contributed by atoms with Crippen LogP contribution in [0.15, 0.2) is 47.6 Å². The Morgan fingerprint density at radius 1 is 1.34 bits per heavy atom. The highest BCUT2D eigenvalue weighted by Crippen LogP contribution is 2.22. The number of rotatable bonds is 7. The monoisotopic (exact) mass is 399 g/mol. The molecule has 1 aromatic carbocycles. The van der Waals surface area contributed by atoms with Crippen LogP contribution in [0.2, 0.25) is 0 Å². The highest BCUT2D eigenvalue weighted by Gasteiger charge is 2.25. The molecule has 2 atom stereocenters. The van der Waals surface area contributed by atoms with Crippen molar-refractivity contribution in [1.29, 1.82) is 0 Å². The standard InChI is InChI=1S/C22H30FN5O/c1-16(17-6-8-19(29-3)9-7-17)10-13-26-22(24-2)27-18-11-14-28(15-18)21-20(23)5-4-12-25-21/h4-9,12,16,18H,10-11,13-15H2,1-3H3,(H2,24,26,27). The summed E-state index contributed by atoms with van der Waals surface area (Å²) in [5.74, 6) is 2.23. The lowest BCUT2D eigenvalue weighted by atomic mass is 9.98. The summed E-state index contributed by atoms with van der Waals surface area (Å²) >= 11 is 0. The van der Waals surface area contributed by atoms with E-state index in [1.807, 2.05) is 17.0 Å². The van der Waals surface area contributed by atoms with Gasteiger partial charge in [-0.3, -0.25) is 4.99 Å². The van der Waals surface area contributed by atoms with E-state index in [2.05, 4.69) is 39.7 Å². The topological polar surface area (TPSA) is 61.8 Å². The lowest BCUT2D eigenvalue weighted by Gasteiger charge is -2.20. The summed E-state index contributed by atoms with van der Waals surface area (Å²) in [6.45, 7) is 4.52. The Balaban J connectivity index is 1.44. The van der Waals surface area contributed by atoms with Crippen LogP contribution in [-0.2, 0) is 0 Å². The van der Waals surface area contributed by atoms with Crippen molar-refractivity contribution < 1.29 is 9.13 Å². The predicted molar refractivity (Wildman–Crippen MR) is 115 cm³/mol. The fourth-order valence-electron chi connectivity index (χ4n) is 3.57. The molecule has 2 aromatic rings. The molecule has 1 aromatic heterocycles. The van der Waals surface area contributed by atoms with Gasteiger partial charge in [0.2, 0.25) is 0 Å². The van der Waals surface area contributed by atoms with Gasteiger partial charge in [-0.05, 0) is 48.6 Å². The highest BCUT2D eigenvalue weighted by atomic mass is 19.1. The quantitative estimate of drug-likeness (QED) is 0.553. The van der Waals surface area contributed by atoms with Crippen LogP contribution in [0, 0.1) is 5.82 Å². The molecule has 7 heteroatoms. The van der Waals surface area contributed by atoms with Crippen molar-refractivity contribution in [2.24, 2.45) is 4.99 Å². The van der Waals surface area contributed by atoms with Crippen molar-refractivity contribution in [3.8, 4) is 5.75 Å². The van der Waals surface area contributed by atoms with E-state index in [9.17, 15) is 4.39 Å². The molecule has 156 valence electrons. The fourth-order valence-corrected chi connectivity index (χ4v) is 3.57. The number of nitrogens with zero attached hydrogens (tertiary/aromatic N) is 3. The zero-order valence-electron chi connectivity index (χ0n) is 17.4. The van der Waals surface area contributed by atoms with Crippen molar-refractivity contribution in [2.75, 3.05) is 38.7 Å². The number of ether oxygens (including phenoxy) is 1. The summed E-state index contributed by atoms with van der Waals surface area (Å²) in [4.78, 5) is 10.5. The van der Waals surface area contributed by atoms with E-state index in [0.29, 0.717) is 18.3 Å². The third kappa shape index (κ3) is 5.59. The second kappa shape index (κ2) is 10.1. The molecule has 6 nitrogen and oxygen atoms in total. The summed E-state index contributed by atoms with van der Waals surface area (Å²) in [6.07, 6.45) is 3.53. The number of benzene rings is 1. The second-order valence-corrected chi connectivity index (χ2v) is 7.35. The number of halogens is 1. The lowest BCUT2D eigenvalue weighted by molar-refractivity contribution is 0.414. The van der Waals surface area contributed by atoms with Gasteiger partial charge in [0.15, 0.2) is 17.6 Å². The van der Waals surface area contributed by atoms with Crippen LogP contribution >= 0.6 is 0 Å². The van der Waals surface area contributed by atoms with Crippen LogP contribution < -0.4 is 20.3 Å². The van der Waals surface area contributed by atoms with Crippen LogP contribution in [0.5, 0.6) is 5.75 Å². The van der Waals surface area contributed by atoms with Gasteiger partial charge in [0, 0.05) is 38.9 Å². The Morgan fingerprint density at radius 3 is 2.83 bits per heavy atom. The molecule has 2 unspecified atom stereocenters. The minimum absolute atomic E-state index is 0.210. The Labute approximate surface area is 172 Å². The van der Waals surface area contributed by atoms with Crippen LogP contribution in [0.3, 0.4) is 0 Å². The van der Waals surface area contributed by atoms with Gasteiger partial charge < -0.3 is 20.3 Å². The van der Waals surface area contributed by atoms with Gasteiger partial charge in [-0.2, -0.15) is 0 Å². The molecule has 0 aliphatic carbocycles. The van der Waals surface area contributed by atoms with E-state index in [1.54, 1.807) is 26.4 Å². The van der Waals surface area contributed by atoms with E-state index in [4.69, 9.17) is 4.74 Å². The number of aromatic nitrogens is 1. The van der Waals surface area contributed by atoms with Gasteiger partial charge >= 0.3 is 0 Å². The third-order valence-corrected chi connectivity index (χ3v) is 5.35. The van der Waals surface area contributed by atoms with Gasteiger partial charge in [0.05, 0.1) is 7.11 Å². The van der Waals surface area contributed by atoms with E-state index in [1.165, 1.54) is 11.6 Å². The number of hydrogen-bond acceptors (Lipinski definition) is 4. The van der Waals surface area contributed by atoms with Gasteiger partial charge in [-0.1, -0.05) is 19.1 Å². The normalized spacial score (nSPS) is 17.9. The molecule has 0 radical (unpaired) electrons. The number of anilines is 1. The first-order valence-corrected chi connectivity index (χ1v) is 10.1. The number of aliphatic imine (C=N–C) groups is 1. The molecule has 3 rings (SSSR count). The molecular weight excluding hydrogens is 369 g/mol. The Morgan fingerprint density at radius 2 is 2.14 bits per heavy atom. The number of hydrogen-bond donors (Lipinski definition) is 2. The smallest absolute Gasteiger partial charge is 0.191 e. The summed E-state index contributed by atoms with van der Waals surface area (Å²) in [5.41, 5.74) is 1.29. The van der Waals surface area contributed by atoms with E-state index < -0.39 is 0 Å². The highest BCUT2D eigenvalue weighted by molar-refractivity contribution is 5.80. The lowest BCUT2D eigenvalue weighted by Crippen LogP contribution is -2.45. The predicted octanol–water partition coefficient (Wildman–Crippen LogP) is 3.17. The first kappa shape index (κ1) is 20.9. The maximum Gasteiger partial charge on any atom is 0.191 e. The molecule has 0 saturated carbocycles. The average Bonchev–Trinajstić information content (AvgIpc) is 3.21. The molecule has 2 heterocycles. The second-order valence-electron chi connectivity index (χ2n) is 7.35. The molecule has 1 fully saturated rings. The molecule has 29 heavy (non-hydrogen) atoms. The first-order valence-electron chi connectivity index (χ1n) is 10.1. The summed E-state index contributed by atoms with van der Waals surface area (Å²) in [7, 11) is 3.45. The third-order valence-electron chi connectivity index (χ3n) is 5.35. The molecule has 2 N–H and O–H groups in total. The minimum Gasteiger partial charge on any atom is -0.497 e. The fraction of sp³-hybridized carbons (Fsp3) is 0.455. The average molecular weight is 400 g/mol. The van der Waals surface area contributed by atoms with Crippen molar-refractivity contribution >= 4 is 11.8 Å². The minimum atomic E-state index is -0.275. The van der Waals surface area contributed by atoms with Crippen molar-refractivity contribution in [3.05, 3.63) is 54.0 Å². The summed E-state index contributed by atoms with van der Waals surface area (Å²) in [5, 5.41) is 6.84. The van der Waals surface area contributed by atoms with Gasteiger partial charge in [0.1, 0.15) is 5.75 Å². The molecule has 0 bridgehead atoms. The summed E-state index contributed by atoms with van der Waals surface area (Å²) < 4.78 is 19.2. The maximum absolute atomic E-state index is 14.0. The van der Waals surface area contributed by atoms with Crippen LogP contribution in [0.25, 0.3) is 0 Å². The van der Waals surface area contributed by atoms with Crippen molar-refractivity contribution in [3.63, 3.8) is 0 Å². The van der Waals surface area contributed by atoms with Gasteiger partial charge in [-0.25, -0.2) is 9.37 Å². The SMILES string of the molecule is CN=C(NCCC(C)c1ccc(OC)cc1)NC1CCN(c2ncccc2F)C1. The molecule has 1 saturated heterocycles. The number of nitrogens with one attached hydrogen (secondary N) is 2. The molecule has 0 spiro atoms. The zero-order valence-corrected chi connectivity index (χ0v) is 17.4. The largest absolute Gasteiger partial charge is 0.497 e. The molecule has 1 aliphatic heterocycles. The van der Waals surface area contributed by atoms with E-state index in [0.717, 1.165) is 37.6 Å².